The van der Waals surface area contributed by atoms with Crippen molar-refractivity contribution in [2.75, 3.05) is 13.2 Å². The van der Waals surface area contributed by atoms with Crippen molar-refractivity contribution in [1.29, 1.82) is 0 Å². The van der Waals surface area contributed by atoms with E-state index in [4.69, 9.17) is 0 Å². The van der Waals surface area contributed by atoms with Crippen molar-refractivity contribution in [3.05, 3.63) is 0 Å². The second kappa shape index (κ2) is 3.24. The van der Waals surface area contributed by atoms with Crippen LogP contribution in [0.4, 0.5) is 0 Å². The average molecular weight is 248 g/mol. The number of carbonyl (C=O) groups excluding carboxylic acids is 1. The van der Waals surface area contributed by atoms with Gasteiger partial charge in [0.2, 0.25) is 5.91 Å². The van der Waals surface area contributed by atoms with E-state index < -0.39 is 0 Å². The Labute approximate surface area is 86.2 Å². The lowest BCUT2D eigenvalue weighted by atomic mass is 9.76. The highest BCUT2D eigenvalue weighted by Crippen LogP contribution is 2.40. The van der Waals surface area contributed by atoms with Crippen LogP contribution in [0.3, 0.4) is 0 Å². The molecule has 0 aromatic rings. The van der Waals surface area contributed by atoms with Crippen LogP contribution in [0.2, 0.25) is 0 Å². The first-order valence-corrected chi connectivity index (χ1v) is 5.68. The summed E-state index contributed by atoms with van der Waals surface area (Å²) in [7, 11) is 0. The number of carbonyl (C=O) groups is 1. The van der Waals surface area contributed by atoms with Crippen molar-refractivity contribution in [3.63, 3.8) is 0 Å². The van der Waals surface area contributed by atoms with E-state index >= 15 is 0 Å². The van der Waals surface area contributed by atoms with Gasteiger partial charge in [-0.2, -0.15) is 0 Å². The molecule has 2 aliphatic rings. The Morgan fingerprint density at radius 1 is 1.62 bits per heavy atom. The molecule has 0 radical (unpaired) electrons. The number of aliphatic hydroxyl groups excluding tert-OH is 1. The summed E-state index contributed by atoms with van der Waals surface area (Å²) in [4.78, 5) is 13.5. The summed E-state index contributed by atoms with van der Waals surface area (Å²) in [5.41, 5.74) is -0.195. The van der Waals surface area contributed by atoms with Crippen LogP contribution in [-0.2, 0) is 4.79 Å². The zero-order chi connectivity index (χ0) is 9.47. The van der Waals surface area contributed by atoms with Crippen LogP contribution in [-0.4, -0.2) is 39.4 Å². The minimum absolute atomic E-state index is 0.0171. The molecule has 0 bridgehead atoms. The first-order chi connectivity index (χ1) is 6.19. The number of amides is 1. The maximum absolute atomic E-state index is 11.7. The van der Waals surface area contributed by atoms with Crippen molar-refractivity contribution in [3.8, 4) is 0 Å². The van der Waals surface area contributed by atoms with Gasteiger partial charge in [0.25, 0.3) is 0 Å². The van der Waals surface area contributed by atoms with Crippen molar-refractivity contribution >= 4 is 21.8 Å². The summed E-state index contributed by atoms with van der Waals surface area (Å²) in [5, 5.41) is 9.29. The van der Waals surface area contributed by atoms with E-state index in [1.807, 2.05) is 4.90 Å². The molecule has 1 saturated carbocycles. The number of halogens is 1. The van der Waals surface area contributed by atoms with E-state index in [0.29, 0.717) is 0 Å². The summed E-state index contributed by atoms with van der Waals surface area (Å²) >= 11 is 3.35. The molecule has 2 fully saturated rings. The molecule has 1 atom stereocenters. The molecule has 1 unspecified atom stereocenters. The van der Waals surface area contributed by atoms with Crippen molar-refractivity contribution in [2.24, 2.45) is 0 Å². The summed E-state index contributed by atoms with van der Waals surface area (Å²) in [6, 6.07) is 0. The van der Waals surface area contributed by atoms with Crippen LogP contribution in [0, 0.1) is 0 Å². The van der Waals surface area contributed by atoms with Crippen LogP contribution in [0.25, 0.3) is 0 Å². The Kier molecular flexibility index (Phi) is 2.36. The van der Waals surface area contributed by atoms with E-state index in [1.54, 1.807) is 0 Å². The van der Waals surface area contributed by atoms with Gasteiger partial charge in [0, 0.05) is 6.54 Å². The fourth-order valence-electron chi connectivity index (χ4n) is 2.21. The molecule has 0 aromatic carbocycles. The lowest BCUT2D eigenvalue weighted by molar-refractivity contribution is -0.139. The SMILES string of the molecule is O=C1C(Br)CCN1C1(CO)CCC1. The van der Waals surface area contributed by atoms with E-state index in [-0.39, 0.29) is 22.9 Å². The molecule has 2 rings (SSSR count). The van der Waals surface area contributed by atoms with Gasteiger partial charge in [0.15, 0.2) is 0 Å². The average Bonchev–Trinajstić information content (AvgIpc) is 2.35. The highest BCUT2D eigenvalue weighted by Gasteiger charge is 2.47. The first-order valence-electron chi connectivity index (χ1n) is 4.76. The predicted octanol–water partition coefficient (Wildman–Crippen LogP) is 0.897. The highest BCUT2D eigenvalue weighted by atomic mass is 79.9. The molecule has 0 aromatic heterocycles. The number of aliphatic hydroxyl groups is 1. The molecule has 1 amide bonds. The molecule has 1 aliphatic heterocycles. The summed E-state index contributed by atoms with van der Waals surface area (Å²) in [5.74, 6) is 0.161. The molecule has 13 heavy (non-hydrogen) atoms. The molecule has 0 spiro atoms. The Morgan fingerprint density at radius 2 is 2.31 bits per heavy atom. The summed E-state index contributed by atoms with van der Waals surface area (Å²) in [6.07, 6.45) is 3.95. The van der Waals surface area contributed by atoms with Gasteiger partial charge >= 0.3 is 0 Å². The largest absolute Gasteiger partial charge is 0.394 e. The Morgan fingerprint density at radius 3 is 2.62 bits per heavy atom. The third-order valence-corrected chi connectivity index (χ3v) is 4.14. The van der Waals surface area contributed by atoms with Crippen LogP contribution in [0.15, 0.2) is 0 Å². The third-order valence-electron chi connectivity index (χ3n) is 3.29. The molecule has 1 heterocycles. The molecular weight excluding hydrogens is 234 g/mol. The van der Waals surface area contributed by atoms with Crippen molar-refractivity contribution in [2.45, 2.75) is 36.0 Å². The zero-order valence-electron chi connectivity index (χ0n) is 7.50. The maximum atomic E-state index is 11.7. The van der Waals surface area contributed by atoms with Gasteiger partial charge in [-0.3, -0.25) is 4.79 Å². The van der Waals surface area contributed by atoms with Gasteiger partial charge in [-0.15, -0.1) is 0 Å². The lowest BCUT2D eigenvalue weighted by Gasteiger charge is -2.47. The molecule has 1 saturated heterocycles. The van der Waals surface area contributed by atoms with Gasteiger partial charge in [-0.05, 0) is 25.7 Å². The topological polar surface area (TPSA) is 40.5 Å². The van der Waals surface area contributed by atoms with E-state index in [9.17, 15) is 9.90 Å². The van der Waals surface area contributed by atoms with Crippen molar-refractivity contribution < 1.29 is 9.90 Å². The first kappa shape index (κ1) is 9.46. The molecule has 1 aliphatic carbocycles. The van der Waals surface area contributed by atoms with Gasteiger partial charge in [0.1, 0.15) is 0 Å². The van der Waals surface area contributed by atoms with Crippen LogP contribution in [0.5, 0.6) is 0 Å². The zero-order valence-corrected chi connectivity index (χ0v) is 9.09. The number of likely N-dealkylation sites (tertiary alicyclic amines) is 1. The van der Waals surface area contributed by atoms with E-state index in [2.05, 4.69) is 15.9 Å². The second-order valence-corrected chi connectivity index (χ2v) is 5.09. The number of alkyl halides is 1. The fraction of sp³-hybridized carbons (Fsp3) is 0.889. The van der Waals surface area contributed by atoms with Crippen LogP contribution >= 0.6 is 15.9 Å². The number of hydrogen-bond donors (Lipinski definition) is 1. The number of hydrogen-bond acceptors (Lipinski definition) is 2. The van der Waals surface area contributed by atoms with E-state index in [0.717, 1.165) is 32.2 Å². The second-order valence-electron chi connectivity index (χ2n) is 3.98. The predicted molar refractivity (Wildman–Crippen MR) is 52.7 cm³/mol. The maximum Gasteiger partial charge on any atom is 0.236 e. The van der Waals surface area contributed by atoms with Gasteiger partial charge in [-0.1, -0.05) is 15.9 Å². The highest BCUT2D eigenvalue weighted by molar-refractivity contribution is 9.10. The fourth-order valence-corrected chi connectivity index (χ4v) is 2.67. The number of nitrogens with zero attached hydrogens (tertiary/aromatic N) is 1. The molecule has 3 nitrogen and oxygen atoms in total. The van der Waals surface area contributed by atoms with Gasteiger partial charge in [0.05, 0.1) is 17.0 Å². The summed E-state index contributed by atoms with van der Waals surface area (Å²) in [6.45, 7) is 0.924. The minimum Gasteiger partial charge on any atom is -0.394 e. The Hall–Kier alpha value is -0.0900. The molecule has 1 N–H and O–H groups in total. The van der Waals surface area contributed by atoms with Crippen LogP contribution < -0.4 is 0 Å². The van der Waals surface area contributed by atoms with Crippen LogP contribution in [0.1, 0.15) is 25.7 Å². The van der Waals surface area contributed by atoms with E-state index in [1.165, 1.54) is 0 Å². The Bertz CT molecular complexity index is 222. The molecular formula is C9H14BrNO2. The lowest BCUT2D eigenvalue weighted by Crippen LogP contribution is -2.57. The normalized spacial score (nSPS) is 32.0. The minimum atomic E-state index is -0.195. The Balaban J connectivity index is 2.12. The summed E-state index contributed by atoms with van der Waals surface area (Å²) < 4.78 is 0. The third kappa shape index (κ3) is 1.31. The quantitative estimate of drug-likeness (QED) is 0.737. The van der Waals surface area contributed by atoms with Crippen molar-refractivity contribution in [1.82, 2.24) is 4.90 Å². The smallest absolute Gasteiger partial charge is 0.236 e. The molecule has 4 heteroatoms. The monoisotopic (exact) mass is 247 g/mol. The number of rotatable bonds is 2. The van der Waals surface area contributed by atoms with Gasteiger partial charge < -0.3 is 10.0 Å². The standard InChI is InChI=1S/C9H14BrNO2/c10-7-2-5-11(8(7)13)9(6-12)3-1-4-9/h7,12H,1-6H2. The molecule has 74 valence electrons. The van der Waals surface area contributed by atoms with Gasteiger partial charge in [-0.25, -0.2) is 0 Å².